The second-order valence-corrected chi connectivity index (χ2v) is 4.24. The van der Waals surface area contributed by atoms with Gasteiger partial charge >= 0.3 is 12.2 Å². The molecule has 0 aliphatic carbocycles. The molecule has 1 aromatic rings. The monoisotopic (exact) mass is 312 g/mol. The topological polar surface area (TPSA) is 117 Å². The van der Waals surface area contributed by atoms with Crippen molar-refractivity contribution in [2.75, 3.05) is 26.4 Å². The SMILES string of the molecule is O=C(NCc1ccc(CNC(=O)OCCO)cc1)OCCO. The van der Waals surface area contributed by atoms with Crippen LogP contribution in [-0.2, 0) is 22.6 Å². The molecule has 1 aromatic carbocycles. The number of benzene rings is 1. The van der Waals surface area contributed by atoms with Crippen molar-refractivity contribution in [3.05, 3.63) is 35.4 Å². The summed E-state index contributed by atoms with van der Waals surface area (Å²) >= 11 is 0. The number of carbonyl (C=O) groups excluding carboxylic acids is 2. The Morgan fingerprint density at radius 1 is 0.818 bits per heavy atom. The largest absolute Gasteiger partial charge is 0.447 e. The molecule has 122 valence electrons. The molecule has 1 rings (SSSR count). The van der Waals surface area contributed by atoms with Crippen molar-refractivity contribution in [2.45, 2.75) is 13.1 Å². The van der Waals surface area contributed by atoms with Crippen LogP contribution in [0.15, 0.2) is 24.3 Å². The Balaban J connectivity index is 2.30. The highest BCUT2D eigenvalue weighted by Gasteiger charge is 2.03. The van der Waals surface area contributed by atoms with E-state index < -0.39 is 12.2 Å². The van der Waals surface area contributed by atoms with Gasteiger partial charge < -0.3 is 30.3 Å². The number of hydrogen-bond acceptors (Lipinski definition) is 6. The maximum Gasteiger partial charge on any atom is 0.407 e. The molecule has 0 heterocycles. The highest BCUT2D eigenvalue weighted by Crippen LogP contribution is 2.04. The Bertz CT molecular complexity index is 420. The molecule has 0 bridgehead atoms. The molecular weight excluding hydrogens is 292 g/mol. The Kier molecular flexibility index (Phi) is 8.39. The van der Waals surface area contributed by atoms with Crippen LogP contribution in [0.1, 0.15) is 11.1 Å². The molecule has 0 aliphatic heterocycles. The molecule has 0 spiro atoms. The molecule has 0 radical (unpaired) electrons. The van der Waals surface area contributed by atoms with Crippen molar-refractivity contribution >= 4 is 12.2 Å². The zero-order valence-electron chi connectivity index (χ0n) is 12.1. The van der Waals surface area contributed by atoms with Gasteiger partial charge in [0.2, 0.25) is 0 Å². The van der Waals surface area contributed by atoms with Crippen LogP contribution in [0.4, 0.5) is 9.59 Å². The van der Waals surface area contributed by atoms with E-state index >= 15 is 0 Å². The smallest absolute Gasteiger partial charge is 0.407 e. The quantitative estimate of drug-likeness (QED) is 0.542. The molecule has 22 heavy (non-hydrogen) atoms. The molecule has 0 saturated heterocycles. The number of aliphatic hydroxyl groups is 2. The van der Waals surface area contributed by atoms with Crippen LogP contribution >= 0.6 is 0 Å². The summed E-state index contributed by atoms with van der Waals surface area (Å²) < 4.78 is 9.31. The lowest BCUT2D eigenvalue weighted by atomic mass is 10.1. The third-order valence-electron chi connectivity index (χ3n) is 2.55. The highest BCUT2D eigenvalue weighted by molar-refractivity contribution is 5.67. The van der Waals surface area contributed by atoms with Gasteiger partial charge in [0.15, 0.2) is 0 Å². The third kappa shape index (κ3) is 7.46. The maximum atomic E-state index is 11.2. The van der Waals surface area contributed by atoms with Crippen LogP contribution in [0.5, 0.6) is 0 Å². The summed E-state index contributed by atoms with van der Waals surface area (Å²) in [5.41, 5.74) is 1.74. The Morgan fingerprint density at radius 3 is 1.50 bits per heavy atom. The second-order valence-electron chi connectivity index (χ2n) is 4.24. The van der Waals surface area contributed by atoms with E-state index in [0.717, 1.165) is 11.1 Å². The Morgan fingerprint density at radius 2 is 1.18 bits per heavy atom. The second kappa shape index (κ2) is 10.4. The van der Waals surface area contributed by atoms with Gasteiger partial charge in [-0.3, -0.25) is 0 Å². The average Bonchev–Trinajstić information content (AvgIpc) is 2.55. The molecule has 0 unspecified atom stereocenters. The molecule has 4 N–H and O–H groups in total. The van der Waals surface area contributed by atoms with Gasteiger partial charge in [0.05, 0.1) is 13.2 Å². The molecule has 2 amide bonds. The lowest BCUT2D eigenvalue weighted by Gasteiger charge is -2.08. The fourth-order valence-electron chi connectivity index (χ4n) is 1.50. The lowest BCUT2D eigenvalue weighted by molar-refractivity contribution is 0.118. The van der Waals surface area contributed by atoms with E-state index in [4.69, 9.17) is 10.2 Å². The van der Waals surface area contributed by atoms with Gasteiger partial charge in [-0.15, -0.1) is 0 Å². The Labute approximate surface area is 128 Å². The third-order valence-corrected chi connectivity index (χ3v) is 2.55. The van der Waals surface area contributed by atoms with E-state index in [0.29, 0.717) is 13.1 Å². The minimum atomic E-state index is -0.591. The number of amides is 2. The first-order chi connectivity index (χ1) is 10.7. The zero-order valence-corrected chi connectivity index (χ0v) is 12.1. The fraction of sp³-hybridized carbons (Fsp3) is 0.429. The van der Waals surface area contributed by atoms with E-state index in [1.165, 1.54) is 0 Å². The lowest BCUT2D eigenvalue weighted by Crippen LogP contribution is -2.25. The van der Waals surface area contributed by atoms with E-state index in [1.807, 2.05) is 24.3 Å². The predicted molar refractivity (Wildman–Crippen MR) is 77.0 cm³/mol. The van der Waals surface area contributed by atoms with Crippen molar-refractivity contribution in [1.82, 2.24) is 10.6 Å². The molecule has 0 atom stereocenters. The molecule has 0 fully saturated rings. The summed E-state index contributed by atoms with van der Waals surface area (Å²) in [5.74, 6) is 0. The van der Waals surface area contributed by atoms with Crippen molar-refractivity contribution in [2.24, 2.45) is 0 Å². The minimum absolute atomic E-state index is 0.0389. The summed E-state index contributed by atoms with van der Waals surface area (Å²) in [7, 11) is 0. The van der Waals surface area contributed by atoms with Crippen molar-refractivity contribution in [3.8, 4) is 0 Å². The summed E-state index contributed by atoms with van der Waals surface area (Å²) in [6.45, 7) is 0.102. The van der Waals surface area contributed by atoms with Crippen molar-refractivity contribution in [1.29, 1.82) is 0 Å². The fourth-order valence-corrected chi connectivity index (χ4v) is 1.50. The number of carbonyl (C=O) groups is 2. The van der Waals surface area contributed by atoms with Crippen LogP contribution in [-0.4, -0.2) is 48.8 Å². The summed E-state index contributed by atoms with van der Waals surface area (Å²) in [6, 6.07) is 7.23. The van der Waals surface area contributed by atoms with Gasteiger partial charge in [-0.05, 0) is 11.1 Å². The number of hydrogen-bond donors (Lipinski definition) is 4. The van der Waals surface area contributed by atoms with Gasteiger partial charge in [0.1, 0.15) is 13.2 Å². The Hall–Kier alpha value is -2.32. The summed E-state index contributed by atoms with van der Waals surface area (Å²) in [5, 5.41) is 22.1. The number of nitrogens with one attached hydrogen (secondary N) is 2. The molecule has 0 aliphatic rings. The molecule has 0 saturated carbocycles. The van der Waals surface area contributed by atoms with Crippen LogP contribution in [0.2, 0.25) is 0 Å². The van der Waals surface area contributed by atoms with Crippen LogP contribution < -0.4 is 10.6 Å². The minimum Gasteiger partial charge on any atom is -0.447 e. The van der Waals surface area contributed by atoms with Crippen LogP contribution in [0.25, 0.3) is 0 Å². The van der Waals surface area contributed by atoms with Crippen LogP contribution in [0.3, 0.4) is 0 Å². The highest BCUT2D eigenvalue weighted by atomic mass is 16.6. The molecular formula is C14H20N2O6. The standard InChI is InChI=1S/C14H20N2O6/c17-5-7-21-13(19)15-9-11-1-2-12(4-3-11)10-16-14(20)22-8-6-18/h1-4,17-18H,5-10H2,(H,15,19)(H,16,20). The molecule has 8 heteroatoms. The average molecular weight is 312 g/mol. The number of aliphatic hydroxyl groups excluding tert-OH is 2. The van der Waals surface area contributed by atoms with Gasteiger partial charge in [-0.2, -0.15) is 0 Å². The van der Waals surface area contributed by atoms with Gasteiger partial charge in [0, 0.05) is 13.1 Å². The first kappa shape index (κ1) is 17.7. The van der Waals surface area contributed by atoms with Gasteiger partial charge in [-0.25, -0.2) is 9.59 Å². The van der Waals surface area contributed by atoms with Crippen molar-refractivity contribution in [3.63, 3.8) is 0 Å². The van der Waals surface area contributed by atoms with E-state index in [9.17, 15) is 9.59 Å². The van der Waals surface area contributed by atoms with E-state index in [1.54, 1.807) is 0 Å². The number of alkyl carbamates (subject to hydrolysis) is 2. The number of rotatable bonds is 8. The first-order valence-corrected chi connectivity index (χ1v) is 6.76. The maximum absolute atomic E-state index is 11.2. The normalized spacial score (nSPS) is 9.91. The first-order valence-electron chi connectivity index (χ1n) is 6.76. The number of ether oxygens (including phenoxy) is 2. The van der Waals surface area contributed by atoms with Gasteiger partial charge in [0.25, 0.3) is 0 Å². The van der Waals surface area contributed by atoms with Crippen LogP contribution in [0, 0.1) is 0 Å². The zero-order chi connectivity index (χ0) is 16.2. The molecule has 8 nitrogen and oxygen atoms in total. The summed E-state index contributed by atoms with van der Waals surface area (Å²) in [4.78, 5) is 22.4. The molecule has 0 aromatic heterocycles. The predicted octanol–water partition coefficient (Wildman–Crippen LogP) is 0.124. The van der Waals surface area contributed by atoms with E-state index in [2.05, 4.69) is 20.1 Å². The summed E-state index contributed by atoms with van der Waals surface area (Å²) in [6.07, 6.45) is -1.18. The van der Waals surface area contributed by atoms with E-state index in [-0.39, 0.29) is 26.4 Å². The van der Waals surface area contributed by atoms with Crippen molar-refractivity contribution < 1.29 is 29.3 Å². The van der Waals surface area contributed by atoms with Gasteiger partial charge in [-0.1, -0.05) is 24.3 Å².